The van der Waals surface area contributed by atoms with Gasteiger partial charge in [-0.05, 0) is 19.4 Å². The van der Waals surface area contributed by atoms with Crippen LogP contribution in [0.1, 0.15) is 22.6 Å². The van der Waals surface area contributed by atoms with Gasteiger partial charge in [-0.3, -0.25) is 4.79 Å². The van der Waals surface area contributed by atoms with Crippen LogP contribution < -0.4 is 0 Å². The topological polar surface area (TPSA) is 84.6 Å². The molecular formula is C13H16N4O3S. The third kappa shape index (κ3) is 2.51. The molecule has 7 nitrogen and oxygen atoms in total. The molecule has 3 rings (SSSR count). The minimum Gasteiger partial charge on any atom is -0.336 e. The van der Waals surface area contributed by atoms with Gasteiger partial charge in [0.05, 0.1) is 17.7 Å². The number of hydrogen-bond acceptors (Lipinski definition) is 5. The highest BCUT2D eigenvalue weighted by molar-refractivity contribution is 7.91. The molecule has 1 aliphatic rings. The highest BCUT2D eigenvalue weighted by atomic mass is 32.2. The Balaban J connectivity index is 1.89. The van der Waals surface area contributed by atoms with Crippen LogP contribution in [0.3, 0.4) is 0 Å². The van der Waals surface area contributed by atoms with Crippen molar-refractivity contribution in [3.63, 3.8) is 0 Å². The minimum atomic E-state index is -3.02. The van der Waals surface area contributed by atoms with E-state index >= 15 is 0 Å². The molecule has 1 fully saturated rings. The van der Waals surface area contributed by atoms with Crippen molar-refractivity contribution in [1.29, 1.82) is 0 Å². The SMILES string of the molecule is Cc1cc(C(=O)N(C)C2CCS(=O)(=O)C2)nc2ccnn12. The molecule has 2 aromatic rings. The Bertz CT molecular complexity index is 812. The highest BCUT2D eigenvalue weighted by Crippen LogP contribution is 2.18. The standard InChI is InChI=1S/C13H16N4O3S/c1-9-7-11(15-12-3-5-14-17(9)12)13(18)16(2)10-4-6-21(19,20)8-10/h3,5,7,10H,4,6,8H2,1-2H3. The first-order chi connectivity index (χ1) is 9.87. The van der Waals surface area contributed by atoms with Crippen molar-refractivity contribution in [2.45, 2.75) is 19.4 Å². The lowest BCUT2D eigenvalue weighted by Gasteiger charge is -2.23. The van der Waals surface area contributed by atoms with Crippen LogP contribution in [0.2, 0.25) is 0 Å². The zero-order valence-electron chi connectivity index (χ0n) is 11.9. The van der Waals surface area contributed by atoms with Crippen molar-refractivity contribution in [2.24, 2.45) is 0 Å². The Morgan fingerprint density at radius 1 is 1.48 bits per heavy atom. The average Bonchev–Trinajstić information content (AvgIpc) is 3.03. The number of fused-ring (bicyclic) bond motifs is 1. The van der Waals surface area contributed by atoms with Gasteiger partial charge in [0.1, 0.15) is 5.69 Å². The quantitative estimate of drug-likeness (QED) is 0.796. The van der Waals surface area contributed by atoms with E-state index in [2.05, 4.69) is 10.1 Å². The molecule has 3 heterocycles. The number of hydrogen-bond donors (Lipinski definition) is 0. The summed E-state index contributed by atoms with van der Waals surface area (Å²) in [5.41, 5.74) is 1.72. The van der Waals surface area contributed by atoms with Gasteiger partial charge < -0.3 is 4.90 Å². The maximum atomic E-state index is 12.5. The van der Waals surface area contributed by atoms with Crippen molar-refractivity contribution in [3.8, 4) is 0 Å². The second kappa shape index (κ2) is 4.80. The molecule has 8 heteroatoms. The fraction of sp³-hybridized carbons (Fsp3) is 0.462. The van der Waals surface area contributed by atoms with Gasteiger partial charge >= 0.3 is 0 Å². The number of amides is 1. The Morgan fingerprint density at radius 3 is 2.90 bits per heavy atom. The predicted molar refractivity (Wildman–Crippen MR) is 76.9 cm³/mol. The summed E-state index contributed by atoms with van der Waals surface area (Å²) in [4.78, 5) is 18.3. The summed E-state index contributed by atoms with van der Waals surface area (Å²) in [6.45, 7) is 1.85. The van der Waals surface area contributed by atoms with Crippen LogP contribution in [0.15, 0.2) is 18.3 Å². The number of carbonyl (C=O) groups is 1. The number of aromatic nitrogens is 3. The number of carbonyl (C=O) groups excluding carboxylic acids is 1. The average molecular weight is 308 g/mol. The van der Waals surface area contributed by atoms with Crippen LogP contribution in [-0.4, -0.2) is 58.4 Å². The lowest BCUT2D eigenvalue weighted by molar-refractivity contribution is 0.0742. The maximum absolute atomic E-state index is 12.5. The van der Waals surface area contributed by atoms with Crippen LogP contribution in [0.5, 0.6) is 0 Å². The van der Waals surface area contributed by atoms with Crippen molar-refractivity contribution < 1.29 is 13.2 Å². The molecular weight excluding hydrogens is 292 g/mol. The second-order valence-corrected chi connectivity index (χ2v) is 7.59. The first-order valence-corrected chi connectivity index (χ1v) is 8.48. The lowest BCUT2D eigenvalue weighted by Crippen LogP contribution is -2.38. The Morgan fingerprint density at radius 2 is 2.24 bits per heavy atom. The molecule has 0 aliphatic carbocycles. The molecule has 1 unspecified atom stereocenters. The van der Waals surface area contributed by atoms with Gasteiger partial charge in [0.15, 0.2) is 15.5 Å². The van der Waals surface area contributed by atoms with E-state index in [1.807, 2.05) is 6.92 Å². The second-order valence-electron chi connectivity index (χ2n) is 5.36. The molecule has 1 aliphatic heterocycles. The van der Waals surface area contributed by atoms with E-state index in [4.69, 9.17) is 0 Å². The van der Waals surface area contributed by atoms with Gasteiger partial charge in [-0.1, -0.05) is 0 Å². The minimum absolute atomic E-state index is 0.0309. The summed E-state index contributed by atoms with van der Waals surface area (Å²) in [5, 5.41) is 4.11. The Kier molecular flexibility index (Phi) is 3.20. The first kappa shape index (κ1) is 14.0. The largest absolute Gasteiger partial charge is 0.336 e. The molecule has 112 valence electrons. The van der Waals surface area contributed by atoms with Gasteiger partial charge in [0.25, 0.3) is 5.91 Å². The smallest absolute Gasteiger partial charge is 0.272 e. The fourth-order valence-electron chi connectivity index (χ4n) is 2.60. The monoisotopic (exact) mass is 308 g/mol. The normalized spacial score (nSPS) is 20.8. The van der Waals surface area contributed by atoms with Crippen molar-refractivity contribution in [3.05, 3.63) is 29.7 Å². The summed E-state index contributed by atoms with van der Waals surface area (Å²) in [5.74, 6) is -0.0871. The van der Waals surface area contributed by atoms with Crippen LogP contribution in [0, 0.1) is 6.92 Å². The molecule has 0 aromatic carbocycles. The van der Waals surface area contributed by atoms with Gasteiger partial charge in [-0.15, -0.1) is 0 Å². The van der Waals surface area contributed by atoms with E-state index in [9.17, 15) is 13.2 Å². The molecule has 2 aromatic heterocycles. The van der Waals surface area contributed by atoms with Crippen LogP contribution in [-0.2, 0) is 9.84 Å². The van der Waals surface area contributed by atoms with Crippen molar-refractivity contribution in [2.75, 3.05) is 18.6 Å². The summed E-state index contributed by atoms with van der Waals surface area (Å²) in [6, 6.07) is 3.12. The molecule has 21 heavy (non-hydrogen) atoms. The fourth-order valence-corrected chi connectivity index (χ4v) is 4.38. The third-order valence-electron chi connectivity index (χ3n) is 3.83. The van der Waals surface area contributed by atoms with E-state index in [1.165, 1.54) is 4.90 Å². The summed E-state index contributed by atoms with van der Waals surface area (Å²) in [7, 11) is -1.39. The first-order valence-electron chi connectivity index (χ1n) is 6.66. The number of sulfone groups is 1. The number of aryl methyl sites for hydroxylation is 1. The number of nitrogens with zero attached hydrogens (tertiary/aromatic N) is 4. The van der Waals surface area contributed by atoms with Crippen LogP contribution in [0.25, 0.3) is 5.65 Å². The van der Waals surface area contributed by atoms with Crippen LogP contribution >= 0.6 is 0 Å². The molecule has 0 saturated carbocycles. The molecule has 0 radical (unpaired) electrons. The van der Waals surface area contributed by atoms with Gasteiger partial charge in [-0.2, -0.15) is 5.10 Å². The van der Waals surface area contributed by atoms with Gasteiger partial charge in [0, 0.05) is 24.8 Å². The maximum Gasteiger partial charge on any atom is 0.272 e. The predicted octanol–water partition coefficient (Wildman–Crippen LogP) is 0.297. The zero-order chi connectivity index (χ0) is 15.2. The zero-order valence-corrected chi connectivity index (χ0v) is 12.7. The molecule has 0 N–H and O–H groups in total. The Hall–Kier alpha value is -1.96. The van der Waals surface area contributed by atoms with E-state index in [0.29, 0.717) is 17.8 Å². The highest BCUT2D eigenvalue weighted by Gasteiger charge is 2.33. The third-order valence-corrected chi connectivity index (χ3v) is 5.58. The van der Waals surface area contributed by atoms with E-state index in [0.717, 1.165) is 5.69 Å². The number of rotatable bonds is 2. The van der Waals surface area contributed by atoms with Crippen molar-refractivity contribution in [1.82, 2.24) is 19.5 Å². The lowest BCUT2D eigenvalue weighted by atomic mass is 10.2. The molecule has 1 amide bonds. The van der Waals surface area contributed by atoms with Gasteiger partial charge in [0.2, 0.25) is 0 Å². The van der Waals surface area contributed by atoms with E-state index < -0.39 is 9.84 Å². The van der Waals surface area contributed by atoms with Crippen LogP contribution in [0.4, 0.5) is 0 Å². The van der Waals surface area contributed by atoms with E-state index in [-0.39, 0.29) is 23.5 Å². The molecule has 0 spiro atoms. The summed E-state index contributed by atoms with van der Waals surface area (Å²) < 4.78 is 24.7. The summed E-state index contributed by atoms with van der Waals surface area (Å²) >= 11 is 0. The van der Waals surface area contributed by atoms with E-state index in [1.54, 1.807) is 29.9 Å². The summed E-state index contributed by atoms with van der Waals surface area (Å²) in [6.07, 6.45) is 2.11. The molecule has 1 saturated heterocycles. The van der Waals surface area contributed by atoms with Crippen molar-refractivity contribution >= 4 is 21.4 Å². The molecule has 1 atom stereocenters. The molecule has 0 bridgehead atoms. The Labute approximate surface area is 122 Å². The van der Waals surface area contributed by atoms with Gasteiger partial charge in [-0.25, -0.2) is 17.9 Å².